The molecule has 11 heteroatoms. The van der Waals surface area contributed by atoms with Crippen molar-refractivity contribution < 1.29 is 14.5 Å². The van der Waals surface area contributed by atoms with E-state index in [0.29, 0.717) is 27.0 Å². The van der Waals surface area contributed by atoms with Crippen molar-refractivity contribution in [3.8, 4) is 0 Å². The molecule has 5 rings (SSSR count). The molecule has 0 spiro atoms. The van der Waals surface area contributed by atoms with E-state index in [9.17, 15) is 14.9 Å². The molecule has 0 bridgehead atoms. The highest BCUT2D eigenvalue weighted by molar-refractivity contribution is 7.23. The van der Waals surface area contributed by atoms with Gasteiger partial charge in [-0.3, -0.25) is 24.7 Å². The minimum atomic E-state index is -0.425. The molecule has 4 aromatic rings. The second-order valence-electron chi connectivity index (χ2n) is 8.42. The zero-order valence-electron chi connectivity index (χ0n) is 19.0. The molecule has 1 saturated heterocycles. The van der Waals surface area contributed by atoms with E-state index in [0.717, 1.165) is 59.7 Å². The number of anilines is 1. The second-order valence-corrected chi connectivity index (χ2v) is 10.9. The van der Waals surface area contributed by atoms with Crippen LogP contribution in [0.2, 0.25) is 5.02 Å². The van der Waals surface area contributed by atoms with Gasteiger partial charge in [-0.15, -0.1) is 11.3 Å². The van der Waals surface area contributed by atoms with E-state index in [1.54, 1.807) is 17.0 Å². The number of halogens is 1. The van der Waals surface area contributed by atoms with Gasteiger partial charge in [-0.2, -0.15) is 0 Å². The SMILES string of the molecule is Cc1cc(Cl)cc2sc(N(CCCN3CCOCC3)C(=O)c3cc4cc([N+](=O)[O-])ccc4s3)nc12. The molecule has 0 N–H and O–H groups in total. The van der Waals surface area contributed by atoms with Gasteiger partial charge in [0.1, 0.15) is 0 Å². The Balaban J connectivity index is 1.46. The highest BCUT2D eigenvalue weighted by Gasteiger charge is 2.24. The molecule has 1 amide bonds. The number of thiazole rings is 1. The monoisotopic (exact) mass is 530 g/mol. The summed E-state index contributed by atoms with van der Waals surface area (Å²) in [6, 6.07) is 10.2. The van der Waals surface area contributed by atoms with Gasteiger partial charge in [0, 0.05) is 53.4 Å². The summed E-state index contributed by atoms with van der Waals surface area (Å²) >= 11 is 9.04. The predicted octanol–water partition coefficient (Wildman–Crippen LogP) is 5.75. The van der Waals surface area contributed by atoms with E-state index >= 15 is 0 Å². The van der Waals surface area contributed by atoms with E-state index in [4.69, 9.17) is 21.3 Å². The molecule has 0 unspecified atom stereocenters. The van der Waals surface area contributed by atoms with E-state index in [1.165, 1.54) is 34.8 Å². The number of non-ortho nitro benzene ring substituents is 1. The van der Waals surface area contributed by atoms with Gasteiger partial charge >= 0.3 is 0 Å². The Hall–Kier alpha value is -2.63. The van der Waals surface area contributed by atoms with Crippen molar-refractivity contribution in [2.75, 3.05) is 44.3 Å². The summed E-state index contributed by atoms with van der Waals surface area (Å²) in [6.07, 6.45) is 0.789. The molecular weight excluding hydrogens is 508 g/mol. The lowest BCUT2D eigenvalue weighted by Crippen LogP contribution is -2.39. The van der Waals surface area contributed by atoms with Crippen LogP contribution in [0.25, 0.3) is 20.3 Å². The lowest BCUT2D eigenvalue weighted by molar-refractivity contribution is -0.384. The average molecular weight is 531 g/mol. The summed E-state index contributed by atoms with van der Waals surface area (Å²) in [7, 11) is 0. The first-order chi connectivity index (χ1) is 16.9. The molecule has 8 nitrogen and oxygen atoms in total. The quantitative estimate of drug-likeness (QED) is 0.223. The van der Waals surface area contributed by atoms with Crippen LogP contribution in [-0.4, -0.2) is 60.1 Å². The van der Waals surface area contributed by atoms with Gasteiger partial charge in [-0.25, -0.2) is 4.98 Å². The minimum Gasteiger partial charge on any atom is -0.379 e. The van der Waals surface area contributed by atoms with E-state index in [1.807, 2.05) is 19.1 Å². The molecule has 2 aromatic heterocycles. The number of hydrogen-bond donors (Lipinski definition) is 0. The summed E-state index contributed by atoms with van der Waals surface area (Å²) in [5.41, 5.74) is 1.81. The number of nitrogens with zero attached hydrogens (tertiary/aromatic N) is 4. The smallest absolute Gasteiger partial charge is 0.270 e. The van der Waals surface area contributed by atoms with Crippen molar-refractivity contribution in [3.05, 3.63) is 62.0 Å². The van der Waals surface area contributed by atoms with Gasteiger partial charge in [0.15, 0.2) is 5.13 Å². The molecule has 1 aliphatic heterocycles. The van der Waals surface area contributed by atoms with Crippen molar-refractivity contribution in [3.63, 3.8) is 0 Å². The second kappa shape index (κ2) is 10.2. The van der Waals surface area contributed by atoms with Gasteiger partial charge < -0.3 is 4.74 Å². The number of nitro groups is 1. The molecule has 182 valence electrons. The molecule has 35 heavy (non-hydrogen) atoms. The van der Waals surface area contributed by atoms with Crippen LogP contribution in [0.1, 0.15) is 21.7 Å². The normalized spacial score (nSPS) is 14.6. The molecule has 0 saturated carbocycles. The number of nitro benzene ring substituents is 1. The van der Waals surface area contributed by atoms with Gasteiger partial charge in [0.25, 0.3) is 11.6 Å². The Kier molecular flexibility index (Phi) is 6.99. The number of carbonyl (C=O) groups is 1. The van der Waals surface area contributed by atoms with Crippen LogP contribution in [0.15, 0.2) is 36.4 Å². The van der Waals surface area contributed by atoms with Crippen LogP contribution in [0.5, 0.6) is 0 Å². The highest BCUT2D eigenvalue weighted by Crippen LogP contribution is 2.35. The number of hydrogen-bond acceptors (Lipinski definition) is 8. The number of amides is 1. The summed E-state index contributed by atoms with van der Waals surface area (Å²) in [6.45, 7) is 6.58. The number of aromatic nitrogens is 1. The van der Waals surface area contributed by atoms with Gasteiger partial charge in [0.2, 0.25) is 0 Å². The molecule has 2 aromatic carbocycles. The molecule has 1 aliphatic rings. The number of thiophene rings is 1. The first-order valence-electron chi connectivity index (χ1n) is 11.3. The van der Waals surface area contributed by atoms with Gasteiger partial charge in [0.05, 0.1) is 33.2 Å². The molecule has 0 aliphatic carbocycles. The largest absolute Gasteiger partial charge is 0.379 e. The Morgan fingerprint density at radius 3 is 2.77 bits per heavy atom. The third-order valence-corrected chi connectivity index (χ3v) is 8.34. The Labute approximate surface area is 214 Å². The predicted molar refractivity (Wildman–Crippen MR) is 141 cm³/mol. The number of ether oxygens (including phenoxy) is 1. The zero-order valence-corrected chi connectivity index (χ0v) is 21.4. The number of morpholine rings is 1. The Morgan fingerprint density at radius 1 is 1.20 bits per heavy atom. The fraction of sp³-hybridized carbons (Fsp3) is 0.333. The van der Waals surface area contributed by atoms with Crippen LogP contribution in [-0.2, 0) is 4.74 Å². The summed E-state index contributed by atoms with van der Waals surface area (Å²) in [5.74, 6) is -0.154. The van der Waals surface area contributed by atoms with Crippen LogP contribution < -0.4 is 4.90 Å². The van der Waals surface area contributed by atoms with Crippen LogP contribution >= 0.6 is 34.3 Å². The number of benzene rings is 2. The number of rotatable bonds is 7. The Bertz CT molecular complexity index is 1410. The van der Waals surface area contributed by atoms with E-state index < -0.39 is 4.92 Å². The molecule has 3 heterocycles. The molecule has 0 atom stereocenters. The van der Waals surface area contributed by atoms with Crippen molar-refractivity contribution in [1.82, 2.24) is 9.88 Å². The lowest BCUT2D eigenvalue weighted by atomic mass is 10.2. The van der Waals surface area contributed by atoms with Gasteiger partial charge in [-0.1, -0.05) is 22.9 Å². The molecular formula is C24H23ClN4O4S2. The Morgan fingerprint density at radius 2 is 2.00 bits per heavy atom. The van der Waals surface area contributed by atoms with Crippen molar-refractivity contribution in [2.45, 2.75) is 13.3 Å². The zero-order chi connectivity index (χ0) is 24.5. The maximum absolute atomic E-state index is 13.8. The van der Waals surface area contributed by atoms with Gasteiger partial charge in [-0.05, 0) is 43.2 Å². The average Bonchev–Trinajstić information content (AvgIpc) is 3.46. The third-order valence-electron chi connectivity index (χ3n) is 6.00. The maximum Gasteiger partial charge on any atom is 0.270 e. The fourth-order valence-electron chi connectivity index (χ4n) is 4.20. The number of aryl methyl sites for hydroxylation is 1. The number of carbonyl (C=O) groups excluding carboxylic acids is 1. The van der Waals surface area contributed by atoms with Crippen LogP contribution in [0, 0.1) is 17.0 Å². The first-order valence-corrected chi connectivity index (χ1v) is 13.3. The summed E-state index contributed by atoms with van der Waals surface area (Å²) < 4.78 is 7.20. The molecule has 0 radical (unpaired) electrons. The topological polar surface area (TPSA) is 88.8 Å². The summed E-state index contributed by atoms with van der Waals surface area (Å²) in [5, 5.41) is 13.1. The maximum atomic E-state index is 13.8. The molecule has 1 fully saturated rings. The summed E-state index contributed by atoms with van der Waals surface area (Å²) in [4.78, 5) is 33.9. The first kappa shape index (κ1) is 24.1. The standard InChI is InChI=1S/C24H23ClN4O4S2/c1-15-11-17(25)14-20-22(15)26-24(35-20)28(6-2-5-27-7-9-33-10-8-27)23(30)21-13-16-12-18(29(31)32)3-4-19(16)34-21/h3-4,11-14H,2,5-10H2,1H3. The fourth-order valence-corrected chi connectivity index (χ4v) is 6.64. The third kappa shape index (κ3) is 5.17. The van der Waals surface area contributed by atoms with Crippen molar-refractivity contribution >= 4 is 71.3 Å². The van der Waals surface area contributed by atoms with E-state index in [2.05, 4.69) is 4.90 Å². The number of fused-ring (bicyclic) bond motifs is 2. The highest BCUT2D eigenvalue weighted by atomic mass is 35.5. The van der Waals surface area contributed by atoms with Crippen LogP contribution in [0.4, 0.5) is 10.8 Å². The van der Waals surface area contributed by atoms with Crippen molar-refractivity contribution in [2.24, 2.45) is 0 Å². The van der Waals surface area contributed by atoms with E-state index in [-0.39, 0.29) is 11.6 Å². The van der Waals surface area contributed by atoms with Crippen molar-refractivity contribution in [1.29, 1.82) is 0 Å². The minimum absolute atomic E-state index is 0.00944. The lowest BCUT2D eigenvalue weighted by Gasteiger charge is -2.27. The van der Waals surface area contributed by atoms with Crippen LogP contribution in [0.3, 0.4) is 0 Å².